The second kappa shape index (κ2) is 6.04. The summed E-state index contributed by atoms with van der Waals surface area (Å²) in [6.45, 7) is 1.98. The highest BCUT2D eigenvalue weighted by Gasteiger charge is 2.22. The molecule has 5 nitrogen and oxygen atoms in total. The third-order valence-corrected chi connectivity index (χ3v) is 4.20. The molecule has 1 N–H and O–H groups in total. The van der Waals surface area contributed by atoms with Crippen LogP contribution in [0.4, 0.5) is 5.69 Å². The van der Waals surface area contributed by atoms with Crippen LogP contribution in [0.3, 0.4) is 0 Å². The molecule has 0 unspecified atom stereocenters. The first-order valence-electron chi connectivity index (χ1n) is 7.25. The molecular weight excluding hydrogens is 358 g/mol. The van der Waals surface area contributed by atoms with Gasteiger partial charge in [-0.1, -0.05) is 6.92 Å². The molecular formula is C17H16BrN3O2. The van der Waals surface area contributed by atoms with E-state index in [0.29, 0.717) is 17.8 Å². The van der Waals surface area contributed by atoms with E-state index in [0.717, 1.165) is 15.8 Å². The molecule has 0 saturated carbocycles. The van der Waals surface area contributed by atoms with E-state index in [-0.39, 0.29) is 11.7 Å². The normalized spacial score (nSPS) is 10.9. The lowest BCUT2D eigenvalue weighted by Gasteiger charge is -2.18. The predicted octanol–water partition coefficient (Wildman–Crippen LogP) is 3.64. The number of aromatic hydroxyl groups is 1. The maximum atomic E-state index is 13.0. The summed E-state index contributed by atoms with van der Waals surface area (Å²) in [6, 6.07) is 10.3. The van der Waals surface area contributed by atoms with Gasteiger partial charge < -0.3 is 10.0 Å². The van der Waals surface area contributed by atoms with Gasteiger partial charge in [0.2, 0.25) is 0 Å². The van der Waals surface area contributed by atoms with Crippen LogP contribution in [-0.4, -0.2) is 27.4 Å². The van der Waals surface area contributed by atoms with E-state index in [1.54, 1.807) is 36.2 Å². The smallest absolute Gasteiger partial charge is 0.276 e. The molecule has 1 amide bonds. The summed E-state index contributed by atoms with van der Waals surface area (Å²) in [5.41, 5.74) is 2.77. The number of hydrogen-bond acceptors (Lipinski definition) is 3. The number of rotatable bonds is 3. The van der Waals surface area contributed by atoms with Gasteiger partial charge in [-0.25, -0.2) is 4.98 Å². The van der Waals surface area contributed by atoms with Gasteiger partial charge in [0.1, 0.15) is 17.1 Å². The summed E-state index contributed by atoms with van der Waals surface area (Å²) in [6.07, 6.45) is 2.52. The minimum absolute atomic E-state index is 0.141. The lowest BCUT2D eigenvalue weighted by molar-refractivity contribution is 0.0986. The van der Waals surface area contributed by atoms with Crippen molar-refractivity contribution in [3.63, 3.8) is 0 Å². The summed E-state index contributed by atoms with van der Waals surface area (Å²) >= 11 is 3.44. The van der Waals surface area contributed by atoms with Crippen molar-refractivity contribution in [1.82, 2.24) is 9.38 Å². The van der Waals surface area contributed by atoms with Crippen LogP contribution in [0.25, 0.3) is 5.65 Å². The van der Waals surface area contributed by atoms with Crippen molar-refractivity contribution in [2.24, 2.45) is 0 Å². The van der Waals surface area contributed by atoms with Gasteiger partial charge in [0, 0.05) is 23.4 Å². The van der Waals surface area contributed by atoms with Crippen molar-refractivity contribution >= 4 is 33.2 Å². The number of benzene rings is 1. The number of phenolic OH excluding ortho intramolecular Hbond substituents is 1. The van der Waals surface area contributed by atoms with Crippen LogP contribution in [0.5, 0.6) is 5.75 Å². The van der Waals surface area contributed by atoms with Crippen LogP contribution in [-0.2, 0) is 6.42 Å². The Balaban J connectivity index is 2.09. The van der Waals surface area contributed by atoms with Gasteiger partial charge in [0.15, 0.2) is 0 Å². The van der Waals surface area contributed by atoms with E-state index in [9.17, 15) is 9.90 Å². The van der Waals surface area contributed by atoms with Crippen molar-refractivity contribution in [2.45, 2.75) is 13.3 Å². The zero-order chi connectivity index (χ0) is 16.6. The molecule has 0 aliphatic carbocycles. The van der Waals surface area contributed by atoms with Crippen molar-refractivity contribution in [1.29, 1.82) is 0 Å². The zero-order valence-electron chi connectivity index (χ0n) is 12.8. The van der Waals surface area contributed by atoms with Crippen LogP contribution in [0, 0.1) is 0 Å². The number of carbonyl (C=O) groups is 1. The Morgan fingerprint density at radius 1 is 1.26 bits per heavy atom. The van der Waals surface area contributed by atoms with Crippen molar-refractivity contribution < 1.29 is 9.90 Å². The monoisotopic (exact) mass is 373 g/mol. The minimum atomic E-state index is -0.141. The lowest BCUT2D eigenvalue weighted by Crippen LogP contribution is -2.28. The standard InChI is InChI=1S/C17H16BrN3O2/c1-3-14-16(21-10-11(18)4-9-15(21)19-14)17(23)20(2)12-5-7-13(22)8-6-12/h4-10,22H,3H2,1-2H3. The van der Waals surface area contributed by atoms with Crippen LogP contribution in [0.2, 0.25) is 0 Å². The van der Waals surface area contributed by atoms with Crippen LogP contribution < -0.4 is 4.90 Å². The van der Waals surface area contributed by atoms with Crippen LogP contribution in [0.15, 0.2) is 47.1 Å². The highest BCUT2D eigenvalue weighted by atomic mass is 79.9. The van der Waals surface area contributed by atoms with E-state index in [1.807, 2.05) is 29.7 Å². The quantitative estimate of drug-likeness (QED) is 0.762. The maximum Gasteiger partial charge on any atom is 0.276 e. The number of anilines is 1. The van der Waals surface area contributed by atoms with Gasteiger partial charge >= 0.3 is 0 Å². The molecule has 2 heterocycles. The molecule has 0 fully saturated rings. The number of amides is 1. The van der Waals surface area contributed by atoms with E-state index < -0.39 is 0 Å². The topological polar surface area (TPSA) is 57.8 Å². The Morgan fingerprint density at radius 2 is 1.96 bits per heavy atom. The summed E-state index contributed by atoms with van der Waals surface area (Å²) < 4.78 is 2.69. The Kier molecular flexibility index (Phi) is 4.09. The van der Waals surface area contributed by atoms with Gasteiger partial charge in [-0.15, -0.1) is 0 Å². The Labute approximate surface area is 142 Å². The first-order valence-corrected chi connectivity index (χ1v) is 8.04. The second-order valence-electron chi connectivity index (χ2n) is 5.22. The van der Waals surface area contributed by atoms with Gasteiger partial charge in [0.05, 0.1) is 5.69 Å². The number of hydrogen-bond donors (Lipinski definition) is 1. The number of fused-ring (bicyclic) bond motifs is 1. The number of phenols is 1. The second-order valence-corrected chi connectivity index (χ2v) is 6.13. The molecule has 6 heteroatoms. The summed E-state index contributed by atoms with van der Waals surface area (Å²) in [4.78, 5) is 19.1. The molecule has 0 aliphatic rings. The van der Waals surface area contributed by atoms with Crippen molar-refractivity contribution in [2.75, 3.05) is 11.9 Å². The van der Waals surface area contributed by atoms with Crippen LogP contribution >= 0.6 is 15.9 Å². The molecule has 1 aromatic carbocycles. The molecule has 0 saturated heterocycles. The Hall–Kier alpha value is -2.34. The number of nitrogens with zero attached hydrogens (tertiary/aromatic N) is 3. The average Bonchev–Trinajstić information content (AvgIpc) is 2.91. The van der Waals surface area contributed by atoms with Crippen LogP contribution in [0.1, 0.15) is 23.1 Å². The molecule has 23 heavy (non-hydrogen) atoms. The molecule has 0 radical (unpaired) electrons. The summed E-state index contributed by atoms with van der Waals surface area (Å²) in [5, 5.41) is 9.39. The molecule has 3 rings (SSSR count). The molecule has 0 aliphatic heterocycles. The third kappa shape index (κ3) is 2.82. The number of carbonyl (C=O) groups excluding carboxylic acids is 1. The molecule has 118 valence electrons. The molecule has 0 bridgehead atoms. The number of imidazole rings is 1. The first kappa shape index (κ1) is 15.6. The number of aromatic nitrogens is 2. The molecule has 3 aromatic rings. The SMILES string of the molecule is CCc1nc2ccc(Br)cn2c1C(=O)N(C)c1ccc(O)cc1. The molecule has 2 aromatic heterocycles. The van der Waals surface area contributed by atoms with Crippen molar-refractivity contribution in [3.05, 3.63) is 58.5 Å². The van der Waals surface area contributed by atoms with E-state index in [1.165, 1.54) is 0 Å². The Morgan fingerprint density at radius 3 is 2.61 bits per heavy atom. The number of pyridine rings is 1. The number of aryl methyl sites for hydroxylation is 1. The minimum Gasteiger partial charge on any atom is -0.508 e. The Bertz CT molecular complexity index is 871. The zero-order valence-corrected chi connectivity index (χ0v) is 14.4. The van der Waals surface area contributed by atoms with E-state index >= 15 is 0 Å². The maximum absolute atomic E-state index is 13.0. The molecule has 0 atom stereocenters. The highest BCUT2D eigenvalue weighted by Crippen LogP contribution is 2.23. The van der Waals surface area contributed by atoms with E-state index in [2.05, 4.69) is 20.9 Å². The third-order valence-electron chi connectivity index (χ3n) is 3.73. The highest BCUT2D eigenvalue weighted by molar-refractivity contribution is 9.10. The lowest BCUT2D eigenvalue weighted by atomic mass is 10.2. The fourth-order valence-electron chi connectivity index (χ4n) is 2.49. The van der Waals surface area contributed by atoms with Gasteiger partial charge in [-0.3, -0.25) is 9.20 Å². The molecule has 0 spiro atoms. The van der Waals surface area contributed by atoms with Gasteiger partial charge in [0.25, 0.3) is 5.91 Å². The average molecular weight is 374 g/mol. The predicted molar refractivity (Wildman–Crippen MR) is 93.1 cm³/mol. The van der Waals surface area contributed by atoms with E-state index in [4.69, 9.17) is 0 Å². The summed E-state index contributed by atoms with van der Waals surface area (Å²) in [5.74, 6) is 0.0284. The van der Waals surface area contributed by atoms with Gasteiger partial charge in [-0.2, -0.15) is 0 Å². The van der Waals surface area contributed by atoms with Crippen molar-refractivity contribution in [3.8, 4) is 5.75 Å². The fraction of sp³-hybridized carbons (Fsp3) is 0.176. The summed E-state index contributed by atoms with van der Waals surface area (Å²) in [7, 11) is 1.71. The first-order chi connectivity index (χ1) is 11.0. The largest absolute Gasteiger partial charge is 0.508 e. The fourth-order valence-corrected chi connectivity index (χ4v) is 2.83. The van der Waals surface area contributed by atoms with Gasteiger partial charge in [-0.05, 0) is 58.7 Å². The number of halogens is 1.